The van der Waals surface area contributed by atoms with E-state index in [4.69, 9.17) is 27.9 Å². The standard InChI is InChI=1S/C18H14Cl2N2O2/c1-11-14(9-12-5-3-4-6-17(12)24-2)18(23)22(21-11)13-7-8-15(19)16(20)10-13/h3-10,21H,1H2,2H3/b14-9-. The second-order valence-electron chi connectivity index (χ2n) is 5.13. The van der Waals surface area contributed by atoms with Crippen LogP contribution in [0.5, 0.6) is 5.75 Å². The molecule has 0 aliphatic heterocycles. The molecule has 0 saturated heterocycles. The number of nitrogens with one attached hydrogen (secondary N) is 1. The van der Waals surface area contributed by atoms with E-state index in [0.717, 1.165) is 5.56 Å². The van der Waals surface area contributed by atoms with Gasteiger partial charge in [-0.25, -0.2) is 4.68 Å². The third-order valence-electron chi connectivity index (χ3n) is 3.61. The first-order chi connectivity index (χ1) is 11.5. The molecule has 0 aliphatic rings. The lowest BCUT2D eigenvalue weighted by Crippen LogP contribution is -2.34. The van der Waals surface area contributed by atoms with E-state index in [-0.39, 0.29) is 5.56 Å². The molecule has 0 aliphatic carbocycles. The predicted molar refractivity (Wildman–Crippen MR) is 97.7 cm³/mol. The van der Waals surface area contributed by atoms with Gasteiger partial charge in [-0.15, -0.1) is 0 Å². The van der Waals surface area contributed by atoms with Crippen molar-refractivity contribution in [3.63, 3.8) is 0 Å². The Kier molecular flexibility index (Phi) is 4.51. The second kappa shape index (κ2) is 6.59. The molecule has 0 spiro atoms. The van der Waals surface area contributed by atoms with Crippen LogP contribution in [0.4, 0.5) is 0 Å². The van der Waals surface area contributed by atoms with Crippen LogP contribution < -0.4 is 20.9 Å². The Hall–Kier alpha value is -2.43. The highest BCUT2D eigenvalue weighted by Crippen LogP contribution is 2.23. The molecule has 6 heteroatoms. The highest BCUT2D eigenvalue weighted by atomic mass is 35.5. The van der Waals surface area contributed by atoms with Gasteiger partial charge in [0.05, 0.1) is 33.4 Å². The first-order valence-electron chi connectivity index (χ1n) is 7.11. The van der Waals surface area contributed by atoms with Crippen molar-refractivity contribution in [3.05, 3.63) is 79.0 Å². The summed E-state index contributed by atoms with van der Waals surface area (Å²) in [4.78, 5) is 12.7. The highest BCUT2D eigenvalue weighted by molar-refractivity contribution is 6.42. The summed E-state index contributed by atoms with van der Waals surface area (Å²) in [7, 11) is 1.59. The van der Waals surface area contributed by atoms with Gasteiger partial charge in [0.1, 0.15) is 5.75 Å². The molecule has 122 valence electrons. The summed E-state index contributed by atoms with van der Waals surface area (Å²) in [5.74, 6) is 0.679. The van der Waals surface area contributed by atoms with E-state index in [1.54, 1.807) is 31.4 Å². The number of hydrogen-bond donors (Lipinski definition) is 1. The van der Waals surface area contributed by atoms with E-state index in [2.05, 4.69) is 11.7 Å². The Morgan fingerprint density at radius 3 is 2.62 bits per heavy atom. The molecule has 1 aromatic heterocycles. The number of aromatic amines is 1. The maximum absolute atomic E-state index is 12.7. The van der Waals surface area contributed by atoms with Gasteiger partial charge < -0.3 is 4.74 Å². The normalized spacial score (nSPS) is 11.7. The lowest BCUT2D eigenvalue weighted by molar-refractivity contribution is 0.414. The number of ether oxygens (including phenoxy) is 1. The van der Waals surface area contributed by atoms with Gasteiger partial charge in [0.15, 0.2) is 0 Å². The molecular weight excluding hydrogens is 347 g/mol. The van der Waals surface area contributed by atoms with Crippen molar-refractivity contribution < 1.29 is 4.74 Å². The fourth-order valence-corrected chi connectivity index (χ4v) is 2.68. The molecular formula is C18H14Cl2N2O2. The smallest absolute Gasteiger partial charge is 0.279 e. The third-order valence-corrected chi connectivity index (χ3v) is 4.34. The van der Waals surface area contributed by atoms with Crippen molar-refractivity contribution in [1.82, 2.24) is 9.78 Å². The topological polar surface area (TPSA) is 47.0 Å². The van der Waals surface area contributed by atoms with Gasteiger partial charge in [-0.05, 0) is 30.3 Å². The average molecular weight is 361 g/mol. The number of H-pyrrole nitrogens is 1. The molecule has 1 heterocycles. The van der Waals surface area contributed by atoms with E-state index in [9.17, 15) is 4.79 Å². The first-order valence-corrected chi connectivity index (χ1v) is 7.87. The minimum atomic E-state index is -0.232. The minimum Gasteiger partial charge on any atom is -0.496 e. The van der Waals surface area contributed by atoms with Crippen molar-refractivity contribution >= 4 is 35.9 Å². The van der Waals surface area contributed by atoms with Crippen LogP contribution >= 0.6 is 23.2 Å². The van der Waals surface area contributed by atoms with Gasteiger partial charge in [0, 0.05) is 5.56 Å². The number of halogens is 2. The minimum absolute atomic E-state index is 0.232. The zero-order valence-corrected chi connectivity index (χ0v) is 14.4. The van der Waals surface area contributed by atoms with E-state index in [0.29, 0.717) is 32.0 Å². The zero-order valence-electron chi connectivity index (χ0n) is 12.8. The summed E-state index contributed by atoms with van der Waals surface area (Å²) in [5.41, 5.74) is 1.14. The molecule has 0 fully saturated rings. The lowest BCUT2D eigenvalue weighted by Gasteiger charge is -2.03. The average Bonchev–Trinajstić information content (AvgIpc) is 2.86. The molecule has 0 unspecified atom stereocenters. The maximum Gasteiger partial charge on any atom is 0.279 e. The van der Waals surface area contributed by atoms with Crippen LogP contribution in [-0.2, 0) is 0 Å². The van der Waals surface area contributed by atoms with Crippen molar-refractivity contribution in [2.75, 3.05) is 7.11 Å². The summed E-state index contributed by atoms with van der Waals surface area (Å²) >= 11 is 12.0. The SMILES string of the molecule is C=c1[nH]n(-c2ccc(Cl)c(Cl)c2)c(=O)/c1=C\c1ccccc1OC. The highest BCUT2D eigenvalue weighted by Gasteiger charge is 2.08. The molecule has 24 heavy (non-hydrogen) atoms. The molecule has 0 bridgehead atoms. The summed E-state index contributed by atoms with van der Waals surface area (Å²) in [6.45, 7) is 3.91. The van der Waals surface area contributed by atoms with Gasteiger partial charge in [-0.3, -0.25) is 9.89 Å². The van der Waals surface area contributed by atoms with E-state index in [1.807, 2.05) is 24.3 Å². The first kappa shape index (κ1) is 16.4. The number of aromatic nitrogens is 2. The number of hydrogen-bond acceptors (Lipinski definition) is 2. The van der Waals surface area contributed by atoms with Crippen LogP contribution in [-0.4, -0.2) is 16.9 Å². The predicted octanol–water partition coefficient (Wildman–Crippen LogP) is 2.72. The van der Waals surface area contributed by atoms with Crippen molar-refractivity contribution in [2.24, 2.45) is 0 Å². The van der Waals surface area contributed by atoms with Crippen LogP contribution in [0.2, 0.25) is 10.0 Å². The maximum atomic E-state index is 12.7. The molecule has 0 saturated carbocycles. The van der Waals surface area contributed by atoms with E-state index >= 15 is 0 Å². The third kappa shape index (κ3) is 2.98. The lowest BCUT2D eigenvalue weighted by atomic mass is 10.1. The van der Waals surface area contributed by atoms with Gasteiger partial charge in [-0.1, -0.05) is 48.0 Å². The Bertz CT molecular complexity index is 1070. The number of para-hydroxylation sites is 1. The van der Waals surface area contributed by atoms with Gasteiger partial charge >= 0.3 is 0 Å². The molecule has 3 rings (SSSR count). The van der Waals surface area contributed by atoms with Crippen molar-refractivity contribution in [1.29, 1.82) is 0 Å². The molecule has 0 atom stereocenters. The van der Waals surface area contributed by atoms with Gasteiger partial charge in [-0.2, -0.15) is 0 Å². The van der Waals surface area contributed by atoms with E-state index < -0.39 is 0 Å². The quantitative estimate of drug-likeness (QED) is 0.780. The Morgan fingerprint density at radius 1 is 1.17 bits per heavy atom. The fraction of sp³-hybridized carbons (Fsp3) is 0.0556. The monoisotopic (exact) mass is 360 g/mol. The zero-order chi connectivity index (χ0) is 17.3. The van der Waals surface area contributed by atoms with Gasteiger partial charge in [0.25, 0.3) is 5.56 Å². The van der Waals surface area contributed by atoms with Crippen LogP contribution in [0.1, 0.15) is 5.56 Å². The van der Waals surface area contributed by atoms with Crippen molar-refractivity contribution in [3.8, 4) is 11.4 Å². The van der Waals surface area contributed by atoms with Crippen LogP contribution in [0.15, 0.2) is 47.3 Å². The summed E-state index contributed by atoms with van der Waals surface area (Å²) in [5, 5.41) is 4.70. The molecule has 4 nitrogen and oxygen atoms in total. The Morgan fingerprint density at radius 2 is 1.92 bits per heavy atom. The van der Waals surface area contributed by atoms with Crippen LogP contribution in [0.25, 0.3) is 18.3 Å². The summed E-state index contributed by atoms with van der Waals surface area (Å²) in [6, 6.07) is 12.4. The molecule has 3 aromatic rings. The van der Waals surface area contributed by atoms with Gasteiger partial charge in [0.2, 0.25) is 0 Å². The Balaban J connectivity index is 2.20. The van der Waals surface area contributed by atoms with Crippen LogP contribution in [0.3, 0.4) is 0 Å². The second-order valence-corrected chi connectivity index (χ2v) is 5.94. The molecule has 2 aromatic carbocycles. The largest absolute Gasteiger partial charge is 0.496 e. The summed E-state index contributed by atoms with van der Waals surface area (Å²) < 4.78 is 6.70. The van der Waals surface area contributed by atoms with Crippen molar-refractivity contribution in [2.45, 2.75) is 0 Å². The number of rotatable bonds is 3. The fourth-order valence-electron chi connectivity index (χ4n) is 2.39. The number of methoxy groups -OCH3 is 1. The van der Waals surface area contributed by atoms with E-state index in [1.165, 1.54) is 4.68 Å². The van der Waals surface area contributed by atoms with Crippen LogP contribution in [0, 0.1) is 0 Å². The Labute approximate surface area is 148 Å². The number of nitrogens with zero attached hydrogens (tertiary/aromatic N) is 1. The summed E-state index contributed by atoms with van der Waals surface area (Å²) in [6.07, 6.45) is 1.74. The number of benzene rings is 2. The molecule has 1 N–H and O–H groups in total. The molecule has 0 radical (unpaired) electrons. The molecule has 0 amide bonds.